The van der Waals surface area contributed by atoms with Crippen molar-refractivity contribution in [3.8, 4) is 0 Å². The zero-order chi connectivity index (χ0) is 11.0. The van der Waals surface area contributed by atoms with Crippen LogP contribution in [0.15, 0.2) is 23.9 Å². The van der Waals surface area contributed by atoms with Crippen LogP contribution in [-0.2, 0) is 0 Å². The lowest BCUT2D eigenvalue weighted by Gasteiger charge is -2.26. The first-order valence-electron chi connectivity index (χ1n) is 3.49. The first kappa shape index (κ1) is 10.9. The SMILES string of the molecule is FC(F)(F)C1=CC=CNC1C(F)(F)F. The molecule has 0 saturated carbocycles. The summed E-state index contributed by atoms with van der Waals surface area (Å²) in [6.45, 7) is 0. The molecule has 0 fully saturated rings. The summed E-state index contributed by atoms with van der Waals surface area (Å²) in [5.74, 6) is 0. The molecule has 0 aromatic heterocycles. The first-order chi connectivity index (χ1) is 6.23. The maximum absolute atomic E-state index is 12.1. The van der Waals surface area contributed by atoms with Crippen molar-refractivity contribution in [2.45, 2.75) is 18.4 Å². The van der Waals surface area contributed by atoms with Gasteiger partial charge in [-0.15, -0.1) is 0 Å². The predicted molar refractivity (Wildman–Crippen MR) is 36.3 cm³/mol. The number of halogens is 6. The first-order valence-corrected chi connectivity index (χ1v) is 3.49. The number of hydrogen-bond acceptors (Lipinski definition) is 1. The summed E-state index contributed by atoms with van der Waals surface area (Å²) in [7, 11) is 0. The topological polar surface area (TPSA) is 12.0 Å². The minimum absolute atomic E-state index is 0.411. The molecule has 1 aliphatic heterocycles. The maximum atomic E-state index is 12.1. The van der Waals surface area contributed by atoms with Gasteiger partial charge < -0.3 is 5.32 Å². The van der Waals surface area contributed by atoms with Gasteiger partial charge in [0.05, 0.1) is 5.57 Å². The van der Waals surface area contributed by atoms with E-state index >= 15 is 0 Å². The highest BCUT2D eigenvalue weighted by atomic mass is 19.4. The monoisotopic (exact) mass is 217 g/mol. The van der Waals surface area contributed by atoms with Crippen LogP contribution in [0.4, 0.5) is 26.3 Å². The molecule has 0 amide bonds. The number of dihydropyridines is 1. The molecule has 14 heavy (non-hydrogen) atoms. The van der Waals surface area contributed by atoms with Crippen molar-refractivity contribution >= 4 is 0 Å². The quantitative estimate of drug-likeness (QED) is 0.615. The molecule has 0 saturated heterocycles. The van der Waals surface area contributed by atoms with E-state index < -0.39 is 24.0 Å². The number of nitrogens with one attached hydrogen (secondary N) is 1. The standard InChI is InChI=1S/C7H5F6N/c8-6(9,10)4-2-1-3-14-5(4)7(11,12)13/h1-3,5,14H. The fourth-order valence-corrected chi connectivity index (χ4v) is 1.02. The molecule has 0 aromatic carbocycles. The van der Waals surface area contributed by atoms with E-state index in [1.807, 2.05) is 0 Å². The van der Waals surface area contributed by atoms with Crippen molar-refractivity contribution in [3.05, 3.63) is 23.9 Å². The van der Waals surface area contributed by atoms with Gasteiger partial charge in [0.25, 0.3) is 0 Å². The van der Waals surface area contributed by atoms with E-state index in [-0.39, 0.29) is 0 Å². The fourth-order valence-electron chi connectivity index (χ4n) is 1.02. The molecular formula is C7H5F6N. The third-order valence-corrected chi connectivity index (χ3v) is 1.60. The average Bonchev–Trinajstić information content (AvgIpc) is 2.01. The molecule has 0 spiro atoms. The molecule has 0 bridgehead atoms. The number of alkyl halides is 6. The van der Waals surface area contributed by atoms with Gasteiger partial charge in [-0.25, -0.2) is 0 Å². The maximum Gasteiger partial charge on any atom is 0.415 e. The van der Waals surface area contributed by atoms with E-state index in [1.54, 1.807) is 5.32 Å². The van der Waals surface area contributed by atoms with Crippen LogP contribution in [0.2, 0.25) is 0 Å². The van der Waals surface area contributed by atoms with E-state index in [2.05, 4.69) is 0 Å². The lowest BCUT2D eigenvalue weighted by molar-refractivity contribution is -0.167. The highest BCUT2D eigenvalue weighted by Crippen LogP contribution is 2.36. The van der Waals surface area contributed by atoms with Crippen LogP contribution in [0.5, 0.6) is 0 Å². The van der Waals surface area contributed by atoms with Gasteiger partial charge in [0.15, 0.2) is 6.04 Å². The van der Waals surface area contributed by atoms with Gasteiger partial charge >= 0.3 is 12.4 Å². The molecule has 0 aliphatic carbocycles. The van der Waals surface area contributed by atoms with Crippen molar-refractivity contribution < 1.29 is 26.3 Å². The highest BCUT2D eigenvalue weighted by Gasteiger charge is 2.51. The Morgan fingerprint density at radius 2 is 1.64 bits per heavy atom. The zero-order valence-corrected chi connectivity index (χ0v) is 6.58. The predicted octanol–water partition coefficient (Wildman–Crippen LogP) is 2.52. The van der Waals surface area contributed by atoms with Crippen molar-refractivity contribution in [3.63, 3.8) is 0 Å². The van der Waals surface area contributed by atoms with Gasteiger partial charge in [-0.05, 0) is 12.3 Å². The smallest absolute Gasteiger partial charge is 0.376 e. The van der Waals surface area contributed by atoms with Gasteiger partial charge in [-0.2, -0.15) is 26.3 Å². The Hall–Kier alpha value is -1.14. The summed E-state index contributed by atoms with van der Waals surface area (Å²) in [4.78, 5) is 0. The Labute approximate surface area is 75.1 Å². The Bertz CT molecular complexity index is 271. The van der Waals surface area contributed by atoms with E-state index in [0.29, 0.717) is 6.08 Å². The molecular weight excluding hydrogens is 212 g/mol. The molecule has 1 atom stereocenters. The summed E-state index contributed by atoms with van der Waals surface area (Å²) in [6.07, 6.45) is -7.81. The molecule has 1 rings (SSSR count). The summed E-state index contributed by atoms with van der Waals surface area (Å²) in [5.41, 5.74) is -1.63. The highest BCUT2D eigenvalue weighted by molar-refractivity contribution is 5.28. The third kappa shape index (κ3) is 2.21. The Kier molecular flexibility index (Phi) is 2.51. The molecule has 1 unspecified atom stereocenters. The van der Waals surface area contributed by atoms with E-state index in [4.69, 9.17) is 0 Å². The lowest BCUT2D eigenvalue weighted by Crippen LogP contribution is -2.46. The summed E-state index contributed by atoms with van der Waals surface area (Å²) >= 11 is 0. The van der Waals surface area contributed by atoms with Gasteiger partial charge in [0, 0.05) is 0 Å². The third-order valence-electron chi connectivity index (χ3n) is 1.60. The summed E-state index contributed by atoms with van der Waals surface area (Å²) < 4.78 is 72.5. The fraction of sp³-hybridized carbons (Fsp3) is 0.429. The van der Waals surface area contributed by atoms with Crippen LogP contribution in [0, 0.1) is 0 Å². The van der Waals surface area contributed by atoms with Crippen LogP contribution in [0.25, 0.3) is 0 Å². The van der Waals surface area contributed by atoms with Gasteiger partial charge in [-0.1, -0.05) is 6.08 Å². The van der Waals surface area contributed by atoms with Gasteiger partial charge in [0.2, 0.25) is 0 Å². The molecule has 7 heteroatoms. The van der Waals surface area contributed by atoms with Crippen molar-refractivity contribution in [1.29, 1.82) is 0 Å². The van der Waals surface area contributed by atoms with Crippen molar-refractivity contribution in [1.82, 2.24) is 5.32 Å². The molecule has 80 valence electrons. The number of rotatable bonds is 0. The second-order valence-electron chi connectivity index (χ2n) is 2.62. The molecule has 0 radical (unpaired) electrons. The minimum Gasteiger partial charge on any atom is -0.376 e. The Morgan fingerprint density at radius 3 is 2.00 bits per heavy atom. The van der Waals surface area contributed by atoms with Gasteiger partial charge in [0.1, 0.15) is 0 Å². The lowest BCUT2D eigenvalue weighted by atomic mass is 10.0. The number of hydrogen-bond donors (Lipinski definition) is 1. The van der Waals surface area contributed by atoms with Crippen molar-refractivity contribution in [2.75, 3.05) is 0 Å². The normalized spacial score (nSPS) is 23.0. The molecule has 1 heterocycles. The van der Waals surface area contributed by atoms with E-state index in [0.717, 1.165) is 12.3 Å². The van der Waals surface area contributed by atoms with E-state index in [9.17, 15) is 26.3 Å². The second-order valence-corrected chi connectivity index (χ2v) is 2.62. The Morgan fingerprint density at radius 1 is 1.07 bits per heavy atom. The van der Waals surface area contributed by atoms with Crippen LogP contribution in [0.1, 0.15) is 0 Å². The largest absolute Gasteiger partial charge is 0.415 e. The van der Waals surface area contributed by atoms with Crippen LogP contribution in [-0.4, -0.2) is 18.4 Å². The van der Waals surface area contributed by atoms with Crippen LogP contribution in [0.3, 0.4) is 0 Å². The van der Waals surface area contributed by atoms with Crippen molar-refractivity contribution in [2.24, 2.45) is 0 Å². The minimum atomic E-state index is -4.97. The van der Waals surface area contributed by atoms with Crippen LogP contribution < -0.4 is 5.32 Å². The van der Waals surface area contributed by atoms with Gasteiger partial charge in [-0.3, -0.25) is 0 Å². The summed E-state index contributed by atoms with van der Waals surface area (Å²) in [6, 6.07) is -2.67. The summed E-state index contributed by atoms with van der Waals surface area (Å²) in [5, 5.41) is 1.62. The molecule has 1 aliphatic rings. The van der Waals surface area contributed by atoms with Crippen LogP contribution >= 0.6 is 0 Å². The second kappa shape index (κ2) is 3.21. The molecule has 1 nitrogen and oxygen atoms in total. The molecule has 1 N–H and O–H groups in total. The zero-order valence-electron chi connectivity index (χ0n) is 6.58. The number of allylic oxidation sites excluding steroid dienone is 2. The van der Waals surface area contributed by atoms with E-state index in [1.165, 1.54) is 0 Å². The average molecular weight is 217 g/mol. The Balaban J connectivity index is 3.00. The molecule has 0 aromatic rings.